The number of hydrogen-bond donors (Lipinski definition) is 1. The predicted molar refractivity (Wildman–Crippen MR) is 138 cm³/mol. The first kappa shape index (κ1) is 25.4. The Labute approximate surface area is 211 Å². The summed E-state index contributed by atoms with van der Waals surface area (Å²) in [7, 11) is 0. The fourth-order valence-corrected chi connectivity index (χ4v) is 4.75. The van der Waals surface area contributed by atoms with E-state index in [0.717, 1.165) is 66.3 Å². The molecule has 0 radical (unpaired) electrons. The zero-order valence-corrected chi connectivity index (χ0v) is 21.4. The summed E-state index contributed by atoms with van der Waals surface area (Å²) in [6.07, 6.45) is -0.345. The zero-order chi connectivity index (χ0) is 24.8. The van der Waals surface area contributed by atoms with Crippen molar-refractivity contribution in [2.75, 3.05) is 52.6 Å². The highest BCUT2D eigenvalue weighted by Gasteiger charge is 2.30. The molecule has 4 rings (SSSR count). The van der Waals surface area contributed by atoms with Crippen molar-refractivity contribution in [1.29, 1.82) is 0 Å². The molecule has 1 unspecified atom stereocenters. The fraction of sp³-hybridized carbons (Fsp3) is 0.444. The molecule has 2 aromatic carbocycles. The van der Waals surface area contributed by atoms with Gasteiger partial charge in [0.25, 0.3) is 0 Å². The van der Waals surface area contributed by atoms with Gasteiger partial charge in [-0.1, -0.05) is 23.7 Å². The topological polar surface area (TPSA) is 67.0 Å². The van der Waals surface area contributed by atoms with Gasteiger partial charge in [-0.2, -0.15) is 0 Å². The number of halogens is 1. The van der Waals surface area contributed by atoms with Gasteiger partial charge in [0.2, 0.25) is 0 Å². The largest absolute Gasteiger partial charge is 0.492 e. The lowest BCUT2D eigenvalue weighted by molar-refractivity contribution is 0.0322. The number of fused-ring (bicyclic) bond motifs is 1. The number of aryl methyl sites for hydroxylation is 1. The van der Waals surface area contributed by atoms with Crippen molar-refractivity contribution in [3.8, 4) is 5.75 Å². The van der Waals surface area contributed by atoms with Gasteiger partial charge >= 0.3 is 6.09 Å². The van der Waals surface area contributed by atoms with E-state index in [1.165, 1.54) is 0 Å². The number of aromatic amines is 1. The van der Waals surface area contributed by atoms with Crippen LogP contribution in [-0.4, -0.2) is 73.5 Å². The smallest absolute Gasteiger partial charge is 0.410 e. The fourth-order valence-electron chi connectivity index (χ4n) is 4.58. The molecule has 0 spiro atoms. The molecule has 1 fully saturated rings. The minimum Gasteiger partial charge on any atom is -0.492 e. The van der Waals surface area contributed by atoms with Crippen LogP contribution in [0.1, 0.15) is 36.7 Å². The third-order valence-corrected chi connectivity index (χ3v) is 6.70. The molecule has 1 N–H and O–H groups in total. The molecular formula is C27H34ClN3O4. The maximum atomic E-state index is 12.9. The Morgan fingerprint density at radius 2 is 1.91 bits per heavy atom. The number of carbonyl (C=O) groups excluding carboxylic acids is 1. The summed E-state index contributed by atoms with van der Waals surface area (Å²) in [5.41, 5.74) is 3.95. The Balaban J connectivity index is 1.60. The molecule has 8 heteroatoms. The summed E-state index contributed by atoms with van der Waals surface area (Å²) in [5, 5.41) is 1.72. The number of rotatable bonds is 9. The van der Waals surface area contributed by atoms with E-state index < -0.39 is 0 Å². The molecule has 3 aromatic rings. The van der Waals surface area contributed by atoms with Crippen LogP contribution in [0.3, 0.4) is 0 Å². The first-order valence-electron chi connectivity index (χ1n) is 12.3. The molecule has 2 heterocycles. The number of carbonyl (C=O) groups is 1. The minimum atomic E-state index is -0.345. The summed E-state index contributed by atoms with van der Waals surface area (Å²) in [6, 6.07) is 13.4. The average molecular weight is 500 g/mol. The highest BCUT2D eigenvalue weighted by molar-refractivity contribution is 6.31. The van der Waals surface area contributed by atoms with E-state index in [9.17, 15) is 4.79 Å². The number of morpholine rings is 1. The van der Waals surface area contributed by atoms with Crippen LogP contribution in [0.25, 0.3) is 10.9 Å². The van der Waals surface area contributed by atoms with Crippen LogP contribution in [-0.2, 0) is 9.47 Å². The number of H-pyrrole nitrogens is 1. The van der Waals surface area contributed by atoms with Gasteiger partial charge in [0.05, 0.1) is 19.8 Å². The van der Waals surface area contributed by atoms with Crippen molar-refractivity contribution in [3.63, 3.8) is 0 Å². The van der Waals surface area contributed by atoms with Crippen molar-refractivity contribution in [2.45, 2.75) is 26.8 Å². The first-order chi connectivity index (χ1) is 17.0. The van der Waals surface area contributed by atoms with Gasteiger partial charge in [-0.05, 0) is 62.2 Å². The Bertz CT molecular complexity index is 1130. The molecule has 1 amide bonds. The summed E-state index contributed by atoms with van der Waals surface area (Å²) in [5.74, 6) is 0.806. The summed E-state index contributed by atoms with van der Waals surface area (Å²) < 4.78 is 16.8. The van der Waals surface area contributed by atoms with Gasteiger partial charge in [-0.3, -0.25) is 9.80 Å². The van der Waals surface area contributed by atoms with Crippen LogP contribution in [0.5, 0.6) is 5.75 Å². The summed E-state index contributed by atoms with van der Waals surface area (Å²) in [6.45, 7) is 11.6. The molecule has 1 aromatic heterocycles. The van der Waals surface area contributed by atoms with Gasteiger partial charge < -0.3 is 19.2 Å². The van der Waals surface area contributed by atoms with Crippen molar-refractivity contribution < 1.29 is 19.0 Å². The van der Waals surface area contributed by atoms with E-state index in [0.29, 0.717) is 24.8 Å². The normalized spacial score (nSPS) is 15.2. The maximum Gasteiger partial charge on any atom is 0.410 e. The molecule has 35 heavy (non-hydrogen) atoms. The molecule has 1 aliphatic rings. The third kappa shape index (κ3) is 5.92. The van der Waals surface area contributed by atoms with Gasteiger partial charge in [0, 0.05) is 47.8 Å². The molecule has 188 valence electrons. The van der Waals surface area contributed by atoms with E-state index >= 15 is 0 Å². The zero-order valence-electron chi connectivity index (χ0n) is 20.7. The van der Waals surface area contributed by atoms with Gasteiger partial charge in [-0.15, -0.1) is 0 Å². The minimum absolute atomic E-state index is 0.319. The molecule has 1 atom stereocenters. The average Bonchev–Trinajstić information content (AvgIpc) is 3.19. The van der Waals surface area contributed by atoms with E-state index in [-0.39, 0.29) is 12.1 Å². The Morgan fingerprint density at radius 1 is 1.17 bits per heavy atom. The first-order valence-corrected chi connectivity index (χ1v) is 12.6. The number of aromatic nitrogens is 1. The highest BCUT2D eigenvalue weighted by atomic mass is 35.5. The summed E-state index contributed by atoms with van der Waals surface area (Å²) in [4.78, 5) is 20.6. The molecule has 1 aliphatic heterocycles. The lowest BCUT2D eigenvalue weighted by atomic mass is 9.98. The standard InChI is InChI=1S/C27H34ClN3O4/c1-4-31(27(32)34-5-2)26(25-19(3)23-18-21(28)8-11-24(23)29-25)20-6-9-22(10-7-20)35-17-14-30-12-15-33-16-13-30/h6-11,18,26,29H,4-5,12-17H2,1-3H3. The van der Waals surface area contributed by atoms with E-state index in [1.54, 1.807) is 4.90 Å². The quantitative estimate of drug-likeness (QED) is 0.426. The van der Waals surface area contributed by atoms with Crippen molar-refractivity contribution in [1.82, 2.24) is 14.8 Å². The number of amides is 1. The van der Waals surface area contributed by atoms with Gasteiger partial charge in [0.15, 0.2) is 0 Å². The van der Waals surface area contributed by atoms with Crippen LogP contribution in [0, 0.1) is 6.92 Å². The second-order valence-electron chi connectivity index (χ2n) is 8.61. The number of benzene rings is 2. The van der Waals surface area contributed by atoms with Crippen LogP contribution in [0.2, 0.25) is 5.02 Å². The molecule has 0 aliphatic carbocycles. The van der Waals surface area contributed by atoms with Crippen molar-refractivity contribution in [2.24, 2.45) is 0 Å². The lowest BCUT2D eigenvalue weighted by Crippen LogP contribution is -2.38. The van der Waals surface area contributed by atoms with Gasteiger partial charge in [-0.25, -0.2) is 4.79 Å². The van der Waals surface area contributed by atoms with Crippen molar-refractivity contribution >= 4 is 28.6 Å². The SMILES string of the molecule is CCOC(=O)N(CC)C(c1ccc(OCCN2CCOCC2)cc1)c1[nH]c2ccc(Cl)cc2c1C. The molecular weight excluding hydrogens is 466 g/mol. The van der Waals surface area contributed by atoms with Crippen molar-refractivity contribution in [3.05, 3.63) is 64.3 Å². The van der Waals surface area contributed by atoms with Gasteiger partial charge in [0.1, 0.15) is 18.4 Å². The molecule has 0 bridgehead atoms. The Kier molecular flexibility index (Phi) is 8.55. The maximum absolute atomic E-state index is 12.9. The third-order valence-electron chi connectivity index (χ3n) is 6.46. The number of hydrogen-bond acceptors (Lipinski definition) is 5. The molecule has 7 nitrogen and oxygen atoms in total. The predicted octanol–water partition coefficient (Wildman–Crippen LogP) is 5.41. The van der Waals surface area contributed by atoms with Crippen LogP contribution < -0.4 is 4.74 Å². The Hall–Kier alpha value is -2.74. The number of nitrogens with one attached hydrogen (secondary N) is 1. The van der Waals surface area contributed by atoms with Crippen LogP contribution in [0.15, 0.2) is 42.5 Å². The highest BCUT2D eigenvalue weighted by Crippen LogP contribution is 2.36. The molecule has 0 saturated carbocycles. The summed E-state index contributed by atoms with van der Waals surface area (Å²) >= 11 is 6.27. The van der Waals surface area contributed by atoms with E-state index in [4.69, 9.17) is 25.8 Å². The van der Waals surface area contributed by atoms with Crippen LogP contribution >= 0.6 is 11.6 Å². The monoisotopic (exact) mass is 499 g/mol. The van der Waals surface area contributed by atoms with E-state index in [2.05, 4.69) is 16.8 Å². The number of nitrogens with zero attached hydrogens (tertiary/aromatic N) is 2. The second kappa shape index (κ2) is 11.8. The second-order valence-corrected chi connectivity index (χ2v) is 9.05. The van der Waals surface area contributed by atoms with Crippen LogP contribution in [0.4, 0.5) is 4.79 Å². The number of ether oxygens (including phenoxy) is 3. The molecule has 1 saturated heterocycles. The Morgan fingerprint density at radius 3 is 2.60 bits per heavy atom. The lowest BCUT2D eigenvalue weighted by Gasteiger charge is -2.30. The van der Waals surface area contributed by atoms with E-state index in [1.807, 2.05) is 56.3 Å².